The van der Waals surface area contributed by atoms with Gasteiger partial charge >= 0.3 is 5.97 Å². The number of hydrogen-bond donors (Lipinski definition) is 0. The number of carbonyl (C=O) groups is 1. The van der Waals surface area contributed by atoms with Crippen molar-refractivity contribution in [3.05, 3.63) is 73.2 Å². The maximum atomic E-state index is 11.8. The number of benzene rings is 2. The summed E-state index contributed by atoms with van der Waals surface area (Å²) >= 11 is 15.7. The van der Waals surface area contributed by atoms with Crippen LogP contribution in [0.4, 0.5) is 0 Å². The summed E-state index contributed by atoms with van der Waals surface area (Å²) in [5.74, 6) is -0.330. The van der Waals surface area contributed by atoms with E-state index >= 15 is 0 Å². The highest BCUT2D eigenvalue weighted by molar-refractivity contribution is 9.10. The van der Waals surface area contributed by atoms with E-state index in [1.807, 2.05) is 43.3 Å². The van der Waals surface area contributed by atoms with Gasteiger partial charge in [0, 0.05) is 14.5 Å². The van der Waals surface area contributed by atoms with Crippen molar-refractivity contribution < 1.29 is 9.53 Å². The van der Waals surface area contributed by atoms with Gasteiger partial charge in [-0.3, -0.25) is 0 Å². The lowest BCUT2D eigenvalue weighted by atomic mass is 10.1. The average Bonchev–Trinajstić information content (AvgIpc) is 2.53. The van der Waals surface area contributed by atoms with Crippen molar-refractivity contribution in [1.29, 1.82) is 0 Å². The number of esters is 1. The lowest BCUT2D eigenvalue weighted by Crippen LogP contribution is -2.05. The average molecular weight is 428 g/mol. The van der Waals surface area contributed by atoms with E-state index in [4.69, 9.17) is 27.9 Å². The van der Waals surface area contributed by atoms with Gasteiger partial charge < -0.3 is 4.74 Å². The molecule has 0 aliphatic rings. The predicted octanol–water partition coefficient (Wildman–Crippen LogP) is 6.50. The minimum atomic E-state index is -0.330. The third kappa shape index (κ3) is 4.85. The first kappa shape index (κ1) is 19.0. The van der Waals surface area contributed by atoms with Gasteiger partial charge in [-0.1, -0.05) is 41.4 Å². The van der Waals surface area contributed by atoms with E-state index in [1.165, 1.54) is 0 Å². The lowest BCUT2D eigenvalue weighted by Gasteiger charge is -2.06. The maximum Gasteiger partial charge on any atom is 0.339 e. The van der Waals surface area contributed by atoms with E-state index in [1.54, 1.807) is 13.0 Å². The van der Waals surface area contributed by atoms with E-state index in [2.05, 4.69) is 15.9 Å². The second kappa shape index (κ2) is 8.70. The van der Waals surface area contributed by atoms with Crippen molar-refractivity contribution in [2.45, 2.75) is 20.3 Å². The summed E-state index contributed by atoms with van der Waals surface area (Å²) in [7, 11) is 0. The Kier molecular flexibility index (Phi) is 6.90. The first-order valence-electron chi connectivity index (χ1n) is 7.50. The second-order valence-corrected chi connectivity index (χ2v) is 6.92. The Hall–Kier alpha value is -1.29. The molecule has 0 fully saturated rings. The van der Waals surface area contributed by atoms with Crippen LogP contribution in [-0.4, -0.2) is 12.6 Å². The minimum absolute atomic E-state index is 0.330. The molecule has 0 saturated heterocycles. The van der Waals surface area contributed by atoms with Crippen LogP contribution in [0.1, 0.15) is 34.0 Å². The summed E-state index contributed by atoms with van der Waals surface area (Å²) in [6.45, 7) is 4.04. The van der Waals surface area contributed by atoms with E-state index < -0.39 is 0 Å². The van der Waals surface area contributed by atoms with Crippen molar-refractivity contribution in [2.75, 3.05) is 6.61 Å². The fourth-order valence-electron chi connectivity index (χ4n) is 2.16. The van der Waals surface area contributed by atoms with Gasteiger partial charge in [0.25, 0.3) is 0 Å². The van der Waals surface area contributed by atoms with Crippen LogP contribution in [0.5, 0.6) is 0 Å². The molecule has 0 amide bonds. The number of carbonyl (C=O) groups excluding carboxylic acids is 1. The molecule has 0 heterocycles. The summed E-state index contributed by atoms with van der Waals surface area (Å²) in [6.07, 6.45) is 4.74. The Balaban J connectivity index is 2.10. The largest absolute Gasteiger partial charge is 0.462 e. The van der Waals surface area contributed by atoms with Gasteiger partial charge in [0.2, 0.25) is 0 Å². The van der Waals surface area contributed by atoms with Crippen LogP contribution in [0.25, 0.3) is 6.08 Å². The molecular weight excluding hydrogens is 411 g/mol. The molecule has 0 saturated carbocycles. The van der Waals surface area contributed by atoms with Crippen molar-refractivity contribution in [1.82, 2.24) is 0 Å². The summed E-state index contributed by atoms with van der Waals surface area (Å²) in [5, 5.41) is 1.35. The molecule has 24 heavy (non-hydrogen) atoms. The molecule has 126 valence electrons. The minimum Gasteiger partial charge on any atom is -0.462 e. The third-order valence-corrected chi connectivity index (χ3v) is 4.93. The molecule has 0 aliphatic heterocycles. The molecule has 0 aliphatic carbocycles. The number of halogens is 3. The summed E-state index contributed by atoms with van der Waals surface area (Å²) in [5.41, 5.74) is 3.45. The van der Waals surface area contributed by atoms with E-state index in [-0.39, 0.29) is 5.97 Å². The normalized spacial score (nSPS) is 11.0. The predicted molar refractivity (Wildman–Crippen MR) is 104 cm³/mol. The van der Waals surface area contributed by atoms with Gasteiger partial charge in [-0.05, 0) is 77.2 Å². The quantitative estimate of drug-likeness (QED) is 0.509. The first-order chi connectivity index (χ1) is 11.4. The fourth-order valence-corrected chi connectivity index (χ4v) is 3.25. The molecule has 0 N–H and O–H groups in total. The van der Waals surface area contributed by atoms with Crippen molar-refractivity contribution in [2.24, 2.45) is 0 Å². The van der Waals surface area contributed by atoms with E-state index in [0.29, 0.717) is 26.7 Å². The smallest absolute Gasteiger partial charge is 0.339 e. The monoisotopic (exact) mass is 426 g/mol. The van der Waals surface area contributed by atoms with Crippen molar-refractivity contribution in [3.63, 3.8) is 0 Å². The number of hydrogen-bond acceptors (Lipinski definition) is 2. The third-order valence-electron chi connectivity index (χ3n) is 3.49. The first-order valence-corrected chi connectivity index (χ1v) is 9.05. The Labute approximate surface area is 160 Å². The van der Waals surface area contributed by atoms with Gasteiger partial charge in [-0.2, -0.15) is 0 Å². The van der Waals surface area contributed by atoms with Crippen LogP contribution in [-0.2, 0) is 11.2 Å². The summed E-state index contributed by atoms with van der Waals surface area (Å²) < 4.78 is 5.72. The van der Waals surface area contributed by atoms with Gasteiger partial charge in [-0.15, -0.1) is 0 Å². The molecule has 2 aromatic carbocycles. The van der Waals surface area contributed by atoms with Crippen LogP contribution in [0, 0.1) is 6.92 Å². The molecule has 0 atom stereocenters. The molecule has 5 heteroatoms. The highest BCUT2D eigenvalue weighted by atomic mass is 79.9. The van der Waals surface area contributed by atoms with E-state index in [9.17, 15) is 4.79 Å². The molecule has 0 radical (unpaired) electrons. The Morgan fingerprint density at radius 1 is 1.21 bits per heavy atom. The highest BCUT2D eigenvalue weighted by Crippen LogP contribution is 2.26. The Bertz CT molecular complexity index is 762. The molecule has 0 spiro atoms. The van der Waals surface area contributed by atoms with E-state index in [0.717, 1.165) is 23.1 Å². The topological polar surface area (TPSA) is 26.3 Å². The zero-order valence-corrected chi connectivity index (χ0v) is 16.5. The van der Waals surface area contributed by atoms with Gasteiger partial charge in [0.05, 0.1) is 12.2 Å². The maximum absolute atomic E-state index is 11.8. The van der Waals surface area contributed by atoms with Crippen LogP contribution in [0.3, 0.4) is 0 Å². The molecule has 0 aromatic heterocycles. The number of rotatable bonds is 5. The Morgan fingerprint density at radius 2 is 1.88 bits per heavy atom. The summed E-state index contributed by atoms with van der Waals surface area (Å²) in [6, 6.07) is 9.36. The van der Waals surface area contributed by atoms with Crippen LogP contribution in [0.15, 0.2) is 40.9 Å². The summed E-state index contributed by atoms with van der Waals surface area (Å²) in [4.78, 5) is 11.8. The zero-order valence-electron chi connectivity index (χ0n) is 13.4. The number of allylic oxidation sites excluding steroid dienone is 1. The zero-order chi connectivity index (χ0) is 17.7. The number of ether oxygens (including phenoxy) is 1. The van der Waals surface area contributed by atoms with Crippen LogP contribution in [0.2, 0.25) is 10.0 Å². The molecule has 0 unspecified atom stereocenters. The van der Waals surface area contributed by atoms with Crippen molar-refractivity contribution in [3.8, 4) is 0 Å². The molecular formula is C19H17BrCl2O2. The van der Waals surface area contributed by atoms with Gasteiger partial charge in [-0.25, -0.2) is 4.79 Å². The highest BCUT2D eigenvalue weighted by Gasteiger charge is 2.10. The molecule has 2 rings (SSSR count). The molecule has 2 aromatic rings. The van der Waals surface area contributed by atoms with Crippen LogP contribution < -0.4 is 0 Å². The second-order valence-electron chi connectivity index (χ2n) is 5.25. The molecule has 2 nitrogen and oxygen atoms in total. The van der Waals surface area contributed by atoms with Crippen molar-refractivity contribution >= 4 is 51.2 Å². The SMILES string of the molecule is CCOC(=O)c1ccc(/C=C\Cc2cc(Cl)c(C)c(Cl)c2)cc1Br. The fraction of sp³-hybridized carbons (Fsp3) is 0.211. The van der Waals surface area contributed by atoms with Gasteiger partial charge in [0.1, 0.15) is 0 Å². The standard InChI is InChI=1S/C19H17BrCl2O2/c1-3-24-19(23)15-8-7-13(9-16(15)20)5-4-6-14-10-17(21)12(2)18(22)11-14/h4-5,7-11H,3,6H2,1-2H3/b5-4-. The van der Waals surface area contributed by atoms with Gasteiger partial charge in [0.15, 0.2) is 0 Å². The van der Waals surface area contributed by atoms with Crippen LogP contribution >= 0.6 is 39.1 Å². The Morgan fingerprint density at radius 3 is 2.46 bits per heavy atom. The molecule has 0 bridgehead atoms. The lowest BCUT2D eigenvalue weighted by molar-refractivity contribution is 0.0525.